The van der Waals surface area contributed by atoms with Gasteiger partial charge in [-0.25, -0.2) is 4.98 Å². The second kappa shape index (κ2) is 9.83. The summed E-state index contributed by atoms with van der Waals surface area (Å²) in [6.07, 6.45) is 0. The molecular formula is C27H25N3O3S. The molecule has 1 aliphatic rings. The molecule has 1 saturated heterocycles. The number of thioether (sulfide) groups is 1. The summed E-state index contributed by atoms with van der Waals surface area (Å²) in [7, 11) is 0. The van der Waals surface area contributed by atoms with E-state index < -0.39 is 0 Å². The number of rotatable bonds is 5. The maximum atomic E-state index is 13.5. The van der Waals surface area contributed by atoms with Crippen LogP contribution in [-0.2, 0) is 10.5 Å². The van der Waals surface area contributed by atoms with E-state index in [0.717, 1.165) is 5.56 Å². The molecule has 6 nitrogen and oxygen atoms in total. The molecular weight excluding hydrogens is 446 g/mol. The minimum absolute atomic E-state index is 0.0206. The largest absolute Gasteiger partial charge is 0.378 e. The minimum Gasteiger partial charge on any atom is -0.378 e. The molecule has 0 atom stereocenters. The van der Waals surface area contributed by atoms with Crippen molar-refractivity contribution in [3.05, 3.63) is 99.8 Å². The second-order valence-corrected chi connectivity index (χ2v) is 9.22. The van der Waals surface area contributed by atoms with Crippen molar-refractivity contribution < 1.29 is 9.53 Å². The molecule has 4 aromatic rings. The molecule has 1 aliphatic heterocycles. The Bertz CT molecular complexity index is 1380. The minimum atomic E-state index is -0.121. The summed E-state index contributed by atoms with van der Waals surface area (Å²) in [5.74, 6) is 0.673. The number of amides is 1. The third-order valence-corrected chi connectivity index (χ3v) is 6.91. The summed E-state index contributed by atoms with van der Waals surface area (Å²) in [5, 5.41) is 1.19. The molecule has 0 N–H and O–H groups in total. The number of carbonyl (C=O) groups excluding carboxylic acids is 1. The van der Waals surface area contributed by atoms with Gasteiger partial charge in [0.15, 0.2) is 5.16 Å². The first-order valence-electron chi connectivity index (χ1n) is 11.3. The first-order chi connectivity index (χ1) is 16.6. The van der Waals surface area contributed by atoms with Gasteiger partial charge in [0.1, 0.15) is 0 Å². The number of ether oxygens (including phenoxy) is 1. The number of nitrogens with zero attached hydrogens (tertiary/aromatic N) is 3. The van der Waals surface area contributed by atoms with E-state index in [1.54, 1.807) is 27.7 Å². The Balaban J connectivity index is 1.50. The smallest absolute Gasteiger partial charge is 0.266 e. The maximum absolute atomic E-state index is 13.5. The number of para-hydroxylation sites is 1. The molecule has 1 amide bonds. The Morgan fingerprint density at radius 2 is 1.68 bits per heavy atom. The Labute approximate surface area is 202 Å². The monoisotopic (exact) mass is 471 g/mol. The first-order valence-corrected chi connectivity index (χ1v) is 12.3. The highest BCUT2D eigenvalue weighted by Gasteiger charge is 2.19. The van der Waals surface area contributed by atoms with Crippen LogP contribution < -0.4 is 5.56 Å². The zero-order valence-corrected chi connectivity index (χ0v) is 19.8. The van der Waals surface area contributed by atoms with E-state index in [9.17, 15) is 9.59 Å². The quantitative estimate of drug-likeness (QED) is 0.318. The lowest BCUT2D eigenvalue weighted by molar-refractivity contribution is 0.0303. The van der Waals surface area contributed by atoms with Gasteiger partial charge in [0.25, 0.3) is 11.5 Å². The van der Waals surface area contributed by atoms with Crippen LogP contribution in [-0.4, -0.2) is 46.7 Å². The topological polar surface area (TPSA) is 64.4 Å². The van der Waals surface area contributed by atoms with Gasteiger partial charge in [-0.15, -0.1) is 0 Å². The summed E-state index contributed by atoms with van der Waals surface area (Å²) in [5.41, 5.74) is 4.21. The lowest BCUT2D eigenvalue weighted by Crippen LogP contribution is -2.40. The van der Waals surface area contributed by atoms with Crippen LogP contribution in [0, 0.1) is 6.92 Å². The fraction of sp³-hybridized carbons (Fsp3) is 0.222. The van der Waals surface area contributed by atoms with Crippen molar-refractivity contribution in [2.75, 3.05) is 26.3 Å². The van der Waals surface area contributed by atoms with E-state index in [2.05, 4.69) is 31.2 Å². The first kappa shape index (κ1) is 22.4. The summed E-state index contributed by atoms with van der Waals surface area (Å²) >= 11 is 1.53. The molecule has 5 rings (SSSR count). The summed E-state index contributed by atoms with van der Waals surface area (Å²) < 4.78 is 6.99. The Morgan fingerprint density at radius 3 is 2.41 bits per heavy atom. The van der Waals surface area contributed by atoms with E-state index in [-0.39, 0.29) is 11.5 Å². The molecule has 0 radical (unpaired) electrons. The lowest BCUT2D eigenvalue weighted by atomic mass is 10.1. The highest BCUT2D eigenvalue weighted by atomic mass is 32.2. The maximum Gasteiger partial charge on any atom is 0.266 e. The van der Waals surface area contributed by atoms with E-state index in [4.69, 9.17) is 9.72 Å². The van der Waals surface area contributed by atoms with Crippen molar-refractivity contribution in [3.8, 4) is 5.69 Å². The summed E-state index contributed by atoms with van der Waals surface area (Å²) in [4.78, 5) is 32.9. The molecule has 1 fully saturated rings. The van der Waals surface area contributed by atoms with E-state index in [1.165, 1.54) is 17.3 Å². The van der Waals surface area contributed by atoms with Crippen LogP contribution in [0.1, 0.15) is 21.5 Å². The van der Waals surface area contributed by atoms with Gasteiger partial charge in [0.2, 0.25) is 0 Å². The highest BCUT2D eigenvalue weighted by molar-refractivity contribution is 7.98. The highest BCUT2D eigenvalue weighted by Crippen LogP contribution is 2.25. The number of hydrogen-bond acceptors (Lipinski definition) is 5. The SMILES string of the molecule is Cc1ccc(CSc2nc3ccccc3c(=O)n2-c2ccc(C(=O)N3CCOCC3)cc2)cc1. The van der Waals surface area contributed by atoms with Gasteiger partial charge in [-0.05, 0) is 48.9 Å². The van der Waals surface area contributed by atoms with Gasteiger partial charge in [0.05, 0.1) is 29.8 Å². The predicted molar refractivity (Wildman–Crippen MR) is 135 cm³/mol. The second-order valence-electron chi connectivity index (χ2n) is 8.28. The standard InChI is InChI=1S/C27H25N3O3S/c1-19-6-8-20(9-7-19)18-34-27-28-24-5-3-2-4-23(24)26(32)30(27)22-12-10-21(11-13-22)25(31)29-14-16-33-17-15-29/h2-13H,14-18H2,1H3. The number of aryl methyl sites for hydroxylation is 1. The number of aromatic nitrogens is 2. The molecule has 0 unspecified atom stereocenters. The van der Waals surface area contributed by atoms with E-state index in [0.29, 0.717) is 59.4 Å². The van der Waals surface area contributed by atoms with Crippen molar-refractivity contribution in [1.29, 1.82) is 0 Å². The summed E-state index contributed by atoms with van der Waals surface area (Å²) in [6.45, 7) is 4.36. The normalized spacial score (nSPS) is 13.9. The van der Waals surface area contributed by atoms with Crippen molar-refractivity contribution >= 4 is 28.6 Å². The van der Waals surface area contributed by atoms with Gasteiger partial charge in [-0.3, -0.25) is 14.2 Å². The number of benzene rings is 3. The van der Waals surface area contributed by atoms with Gasteiger partial charge in [-0.1, -0.05) is 53.7 Å². The Kier molecular flexibility index (Phi) is 6.47. The molecule has 2 heterocycles. The van der Waals surface area contributed by atoms with Crippen molar-refractivity contribution in [2.24, 2.45) is 0 Å². The van der Waals surface area contributed by atoms with E-state index >= 15 is 0 Å². The van der Waals surface area contributed by atoms with Crippen LogP contribution in [0.3, 0.4) is 0 Å². The van der Waals surface area contributed by atoms with Crippen molar-refractivity contribution in [1.82, 2.24) is 14.5 Å². The number of morpholine rings is 1. The van der Waals surface area contributed by atoms with Crippen LogP contribution in [0.15, 0.2) is 82.7 Å². The molecule has 1 aromatic heterocycles. The van der Waals surface area contributed by atoms with Gasteiger partial charge < -0.3 is 9.64 Å². The molecule has 3 aromatic carbocycles. The van der Waals surface area contributed by atoms with Crippen molar-refractivity contribution in [3.63, 3.8) is 0 Å². The zero-order chi connectivity index (χ0) is 23.5. The number of carbonyl (C=O) groups is 1. The third kappa shape index (κ3) is 4.62. The third-order valence-electron chi connectivity index (χ3n) is 5.90. The Hall–Kier alpha value is -3.42. The van der Waals surface area contributed by atoms with Crippen LogP contribution in [0.4, 0.5) is 0 Å². The lowest BCUT2D eigenvalue weighted by Gasteiger charge is -2.26. The molecule has 34 heavy (non-hydrogen) atoms. The molecule has 0 saturated carbocycles. The number of hydrogen-bond donors (Lipinski definition) is 0. The zero-order valence-electron chi connectivity index (χ0n) is 18.9. The fourth-order valence-corrected chi connectivity index (χ4v) is 4.94. The Morgan fingerprint density at radius 1 is 0.971 bits per heavy atom. The van der Waals surface area contributed by atoms with Gasteiger partial charge >= 0.3 is 0 Å². The average Bonchev–Trinajstić information content (AvgIpc) is 2.89. The molecule has 0 bridgehead atoms. The summed E-state index contributed by atoms with van der Waals surface area (Å²) in [6, 6.07) is 23.0. The van der Waals surface area contributed by atoms with Crippen LogP contribution in [0.25, 0.3) is 16.6 Å². The number of fused-ring (bicyclic) bond motifs is 1. The predicted octanol–water partition coefficient (Wildman–Crippen LogP) is 4.46. The van der Waals surface area contributed by atoms with E-state index in [1.807, 2.05) is 30.3 Å². The van der Waals surface area contributed by atoms with Gasteiger partial charge in [0, 0.05) is 24.4 Å². The van der Waals surface area contributed by atoms with Crippen LogP contribution in [0.5, 0.6) is 0 Å². The van der Waals surface area contributed by atoms with Gasteiger partial charge in [-0.2, -0.15) is 0 Å². The molecule has 7 heteroatoms. The van der Waals surface area contributed by atoms with Crippen molar-refractivity contribution in [2.45, 2.75) is 17.8 Å². The molecule has 172 valence electrons. The van der Waals surface area contributed by atoms with Crippen LogP contribution in [0.2, 0.25) is 0 Å². The average molecular weight is 472 g/mol. The van der Waals surface area contributed by atoms with Crippen LogP contribution >= 0.6 is 11.8 Å². The fourth-order valence-electron chi connectivity index (χ4n) is 3.97. The molecule has 0 aliphatic carbocycles. The molecule has 0 spiro atoms.